The number of fused-ring (bicyclic) bond motifs is 4. The number of nitrogens with zero attached hydrogens (tertiary/aromatic N) is 3. The van der Waals surface area contributed by atoms with Crippen LogP contribution in [0.2, 0.25) is 0 Å². The third-order valence-corrected chi connectivity index (χ3v) is 9.88. The average molecular weight is 926 g/mol. The van der Waals surface area contributed by atoms with Crippen LogP contribution < -0.4 is 0 Å². The van der Waals surface area contributed by atoms with E-state index >= 15 is 0 Å². The van der Waals surface area contributed by atoms with Gasteiger partial charge >= 0.3 is 0 Å². The van der Waals surface area contributed by atoms with Crippen LogP contribution in [0, 0.1) is 18.1 Å². The fourth-order valence-electron chi connectivity index (χ4n) is 7.28. The van der Waals surface area contributed by atoms with Gasteiger partial charge in [-0.1, -0.05) is 131 Å². The molecule has 6 aromatic carbocycles. The first-order chi connectivity index (χ1) is 28.6. The zero-order chi connectivity index (χ0) is 42.4. The zero-order valence-electron chi connectivity index (χ0n) is 37.0. The van der Waals surface area contributed by atoms with Gasteiger partial charge in [0.05, 0.1) is 22.4 Å². The molecule has 3 heterocycles. The summed E-state index contributed by atoms with van der Waals surface area (Å²) in [6.07, 6.45) is 0.440. The summed E-state index contributed by atoms with van der Waals surface area (Å²) < 4.78 is 42.5. The standard InChI is InChI=1S/C27H22NO.C25H25N2.Ir/c1-18(2)16-19-10-12-20(13-11-19)21-14-15-28-25(17-21)24-8-5-7-23-22-6-3-4-9-26(22)29-27(23)24;1-17(2)20-13-10-14-21(18(3)4)24(20)27-23-16-9-8-15-22(23)26-25(27)19-11-6-5-7-12-19;/h3-7,9-15,17-18H,16H2,1-2H3;5-11,13-18H,1-4H3;/q2*-1;/i16D2;17D,18D;. The normalized spacial score (nSPS) is 13.0. The monoisotopic (exact) mass is 926 g/mol. The molecule has 1 radical (unpaired) electrons. The molecule has 0 aliphatic heterocycles. The van der Waals surface area contributed by atoms with Gasteiger partial charge in [0.2, 0.25) is 0 Å². The van der Waals surface area contributed by atoms with Gasteiger partial charge in [-0.15, -0.1) is 54.1 Å². The molecule has 0 aliphatic rings. The van der Waals surface area contributed by atoms with E-state index in [0.29, 0.717) is 5.56 Å². The Kier molecular flexibility index (Phi) is 10.5. The van der Waals surface area contributed by atoms with E-state index in [0.717, 1.165) is 83.6 Å². The number of hydrogen-bond acceptors (Lipinski definition) is 3. The molecule has 0 fully saturated rings. The number of rotatable bonds is 8. The van der Waals surface area contributed by atoms with Crippen LogP contribution >= 0.6 is 0 Å². The van der Waals surface area contributed by atoms with Gasteiger partial charge in [0.1, 0.15) is 5.58 Å². The molecule has 0 spiro atoms. The van der Waals surface area contributed by atoms with Crippen LogP contribution in [0.3, 0.4) is 0 Å². The average Bonchev–Trinajstić information content (AvgIpc) is 3.82. The van der Waals surface area contributed by atoms with E-state index in [9.17, 15) is 0 Å². The van der Waals surface area contributed by atoms with Gasteiger partial charge in [-0.2, -0.15) is 0 Å². The van der Waals surface area contributed by atoms with Gasteiger partial charge in [0.15, 0.2) is 0 Å². The largest absolute Gasteiger partial charge is 0.501 e. The number of imidazole rings is 1. The smallest absolute Gasteiger partial charge is 0.120 e. The van der Waals surface area contributed by atoms with Crippen molar-refractivity contribution in [1.82, 2.24) is 14.5 Å². The second kappa shape index (κ2) is 17.3. The van der Waals surface area contributed by atoms with Gasteiger partial charge in [0, 0.05) is 42.9 Å². The molecule has 0 N–H and O–H groups in total. The molecule has 0 aliphatic carbocycles. The predicted octanol–water partition coefficient (Wildman–Crippen LogP) is 14.1. The number of furan rings is 1. The molecule has 0 amide bonds. The molecule has 57 heavy (non-hydrogen) atoms. The van der Waals surface area contributed by atoms with Gasteiger partial charge in [-0.3, -0.25) is 4.98 Å². The predicted molar refractivity (Wildman–Crippen MR) is 233 cm³/mol. The third kappa shape index (κ3) is 8.14. The van der Waals surface area contributed by atoms with E-state index in [1.165, 1.54) is 0 Å². The first-order valence-corrected chi connectivity index (χ1v) is 19.1. The van der Waals surface area contributed by atoms with Crippen molar-refractivity contribution in [3.8, 4) is 39.5 Å². The van der Waals surface area contributed by atoms with Crippen molar-refractivity contribution in [2.24, 2.45) is 5.92 Å². The van der Waals surface area contributed by atoms with Crippen molar-refractivity contribution in [2.75, 3.05) is 0 Å². The van der Waals surface area contributed by atoms with E-state index < -0.39 is 18.2 Å². The number of para-hydroxylation sites is 4. The zero-order valence-corrected chi connectivity index (χ0v) is 35.4. The summed E-state index contributed by atoms with van der Waals surface area (Å²) in [5.41, 5.74) is 11.3. The summed E-state index contributed by atoms with van der Waals surface area (Å²) >= 11 is 0. The number of benzene rings is 6. The fraction of sp³-hybridized carbons (Fsp3) is 0.192. The molecule has 3 aromatic heterocycles. The van der Waals surface area contributed by atoms with Crippen LogP contribution in [0.25, 0.3) is 72.4 Å². The SMILES string of the molecule is [2H]C(C)(C)c1cccc(C([2H])(C)C)c1-n1c(-c2[c-]cccc2)nc2ccccc21.[2H]C([2H])(c1ccc(-c2ccnc(-c3[c-]ccc4c3oc3ccccc34)c2)cc1)C(C)C.[Ir]. The molecule has 4 nitrogen and oxygen atoms in total. The van der Waals surface area contributed by atoms with Crippen LogP contribution in [-0.2, 0) is 26.5 Å². The van der Waals surface area contributed by atoms with Crippen molar-refractivity contribution >= 4 is 33.0 Å². The molecule has 0 atom stereocenters. The summed E-state index contributed by atoms with van der Waals surface area (Å²) in [6.45, 7) is 11.4. The van der Waals surface area contributed by atoms with Crippen molar-refractivity contribution in [3.05, 3.63) is 175 Å². The fourth-order valence-corrected chi connectivity index (χ4v) is 7.28. The molecule has 9 rings (SSSR count). The number of hydrogen-bond donors (Lipinski definition) is 0. The molecule has 0 saturated heterocycles. The van der Waals surface area contributed by atoms with Crippen molar-refractivity contribution in [3.63, 3.8) is 0 Å². The van der Waals surface area contributed by atoms with Gasteiger partial charge < -0.3 is 14.0 Å². The van der Waals surface area contributed by atoms with E-state index in [-0.39, 0.29) is 26.0 Å². The van der Waals surface area contributed by atoms with Gasteiger partial charge in [0.25, 0.3) is 0 Å². The first-order valence-electron chi connectivity index (χ1n) is 21.1. The Morgan fingerprint density at radius 1 is 0.702 bits per heavy atom. The second-order valence-electron chi connectivity index (χ2n) is 14.7. The van der Waals surface area contributed by atoms with Crippen molar-refractivity contribution in [2.45, 2.75) is 59.7 Å². The Balaban J connectivity index is 0.000000181. The molecule has 0 saturated carbocycles. The van der Waals surface area contributed by atoms with Crippen molar-refractivity contribution < 1.29 is 30.0 Å². The maximum atomic E-state index is 8.80. The minimum absolute atomic E-state index is 0. The maximum absolute atomic E-state index is 8.80. The third-order valence-electron chi connectivity index (χ3n) is 9.88. The van der Waals surface area contributed by atoms with E-state index in [1.54, 1.807) is 6.20 Å². The second-order valence-corrected chi connectivity index (χ2v) is 14.7. The molecule has 5 heteroatoms. The summed E-state index contributed by atoms with van der Waals surface area (Å²) in [5, 5.41) is 2.13. The van der Waals surface area contributed by atoms with Crippen LogP contribution in [0.15, 0.2) is 150 Å². The van der Waals surface area contributed by atoms with E-state index in [1.807, 2.05) is 175 Å². The van der Waals surface area contributed by atoms with Gasteiger partial charge in [-0.05, 0) is 81.9 Å². The Morgan fingerprint density at radius 3 is 2.14 bits per heavy atom. The Hall–Kier alpha value is -5.61. The minimum atomic E-state index is -1.35. The summed E-state index contributed by atoms with van der Waals surface area (Å²) in [4.78, 5) is 9.50. The van der Waals surface area contributed by atoms with Crippen LogP contribution in [0.4, 0.5) is 0 Å². The molecule has 0 bridgehead atoms. The Bertz CT molecular complexity index is 2930. The molecule has 9 aromatic rings. The maximum Gasteiger partial charge on any atom is 0.120 e. The van der Waals surface area contributed by atoms with Gasteiger partial charge in [-0.25, -0.2) is 0 Å². The van der Waals surface area contributed by atoms with E-state index in [4.69, 9.17) is 14.9 Å². The van der Waals surface area contributed by atoms with E-state index in [2.05, 4.69) is 27.8 Å². The topological polar surface area (TPSA) is 43.9 Å². The molecule has 0 unspecified atom stereocenters. The Morgan fingerprint density at radius 2 is 1.42 bits per heavy atom. The van der Waals surface area contributed by atoms with Crippen LogP contribution in [-0.4, -0.2) is 14.5 Å². The number of aromatic nitrogens is 3. The van der Waals surface area contributed by atoms with Crippen molar-refractivity contribution in [1.29, 1.82) is 0 Å². The quantitative estimate of drug-likeness (QED) is 0.143. The number of pyridine rings is 1. The molecular weight excluding hydrogens is 875 g/mol. The first kappa shape index (κ1) is 34.6. The molecule has 287 valence electrons. The summed E-state index contributed by atoms with van der Waals surface area (Å²) in [7, 11) is 0. The molecular formula is C52H47IrN3O-2. The summed E-state index contributed by atoms with van der Waals surface area (Å²) in [6, 6.07) is 52.0. The minimum Gasteiger partial charge on any atom is -0.501 e. The van der Waals surface area contributed by atoms with Crippen LogP contribution in [0.5, 0.6) is 0 Å². The summed E-state index contributed by atoms with van der Waals surface area (Å²) in [5.74, 6) is -0.987. The van der Waals surface area contributed by atoms with Crippen LogP contribution in [0.1, 0.15) is 75.5 Å². The Labute approximate surface area is 355 Å².